The summed E-state index contributed by atoms with van der Waals surface area (Å²) in [5.41, 5.74) is 1.02. The maximum Gasteiger partial charge on any atom is 0.160 e. The van der Waals surface area contributed by atoms with E-state index < -0.39 is 0 Å². The average molecular weight is 250 g/mol. The van der Waals surface area contributed by atoms with E-state index in [1.54, 1.807) is 12.1 Å². The van der Waals surface area contributed by atoms with Crippen molar-refractivity contribution in [3.8, 4) is 11.5 Å². The number of rotatable bonds is 8. The van der Waals surface area contributed by atoms with Gasteiger partial charge in [-0.05, 0) is 30.5 Å². The first-order valence-corrected chi connectivity index (χ1v) is 6.55. The largest absolute Gasteiger partial charge is 0.504 e. The van der Waals surface area contributed by atoms with E-state index in [-0.39, 0.29) is 5.75 Å². The number of methoxy groups -OCH3 is 1. The van der Waals surface area contributed by atoms with Crippen LogP contribution >= 0.6 is 0 Å². The molecule has 0 aliphatic carbocycles. The summed E-state index contributed by atoms with van der Waals surface area (Å²) in [5, 5.41) is 9.46. The van der Waals surface area contributed by atoms with E-state index in [1.165, 1.54) is 7.11 Å². The zero-order valence-electron chi connectivity index (χ0n) is 11.2. The van der Waals surface area contributed by atoms with Gasteiger partial charge in [0.05, 0.1) is 7.11 Å². The van der Waals surface area contributed by atoms with Crippen LogP contribution in [0.5, 0.6) is 11.5 Å². The van der Waals surface area contributed by atoms with Gasteiger partial charge in [0.2, 0.25) is 0 Å². The van der Waals surface area contributed by atoms with Crippen LogP contribution in [-0.4, -0.2) is 18.0 Å². The topological polar surface area (TPSA) is 46.5 Å². The van der Waals surface area contributed by atoms with Crippen LogP contribution in [0.2, 0.25) is 0 Å². The van der Waals surface area contributed by atoms with Crippen molar-refractivity contribution in [1.82, 2.24) is 0 Å². The molecule has 3 nitrogen and oxygen atoms in total. The maximum atomic E-state index is 11.6. The molecule has 1 aromatic rings. The smallest absolute Gasteiger partial charge is 0.160 e. The molecule has 0 fully saturated rings. The highest BCUT2D eigenvalue weighted by molar-refractivity contribution is 5.78. The van der Waals surface area contributed by atoms with Crippen molar-refractivity contribution in [2.45, 2.75) is 45.4 Å². The predicted octanol–water partition coefficient (Wildman–Crippen LogP) is 3.48. The molecule has 0 aromatic heterocycles. The van der Waals surface area contributed by atoms with Crippen LogP contribution in [0.1, 0.15) is 44.6 Å². The minimum absolute atomic E-state index is 0.135. The highest BCUT2D eigenvalue weighted by atomic mass is 16.5. The lowest BCUT2D eigenvalue weighted by molar-refractivity contribution is -0.119. The van der Waals surface area contributed by atoms with Gasteiger partial charge in [0, 0.05) is 12.8 Å². The van der Waals surface area contributed by atoms with E-state index in [4.69, 9.17) is 4.74 Å². The van der Waals surface area contributed by atoms with Gasteiger partial charge in [-0.25, -0.2) is 0 Å². The third-order valence-electron chi connectivity index (χ3n) is 3.00. The zero-order chi connectivity index (χ0) is 13.4. The molecule has 0 bridgehead atoms. The van der Waals surface area contributed by atoms with Gasteiger partial charge in [-0.15, -0.1) is 0 Å². The van der Waals surface area contributed by atoms with Crippen LogP contribution in [0.25, 0.3) is 0 Å². The van der Waals surface area contributed by atoms with E-state index in [0.717, 1.165) is 24.8 Å². The number of aryl methyl sites for hydroxylation is 1. The summed E-state index contributed by atoms with van der Waals surface area (Å²) in [7, 11) is 1.52. The molecule has 0 aliphatic heterocycles. The first-order valence-electron chi connectivity index (χ1n) is 6.55. The second-order valence-electron chi connectivity index (χ2n) is 4.50. The highest BCUT2D eigenvalue weighted by Crippen LogP contribution is 2.26. The lowest BCUT2D eigenvalue weighted by Gasteiger charge is -2.06. The summed E-state index contributed by atoms with van der Waals surface area (Å²) in [6.07, 6.45) is 5.22. The van der Waals surface area contributed by atoms with Gasteiger partial charge >= 0.3 is 0 Å². The molecular formula is C15H22O3. The van der Waals surface area contributed by atoms with Gasteiger partial charge in [0.1, 0.15) is 5.78 Å². The molecule has 1 aromatic carbocycles. The average Bonchev–Trinajstić information content (AvgIpc) is 2.38. The Morgan fingerprint density at radius 1 is 1.28 bits per heavy atom. The number of carbonyl (C=O) groups is 1. The number of hydrogen-bond donors (Lipinski definition) is 1. The van der Waals surface area contributed by atoms with Crippen LogP contribution in [-0.2, 0) is 11.2 Å². The Morgan fingerprint density at radius 2 is 2.06 bits per heavy atom. The Labute approximate surface area is 109 Å². The lowest BCUT2D eigenvalue weighted by atomic mass is 10.0. The summed E-state index contributed by atoms with van der Waals surface area (Å²) in [5.74, 6) is 0.914. The van der Waals surface area contributed by atoms with Crippen LogP contribution in [0, 0.1) is 0 Å². The SMILES string of the molecule is CCCCCC(=O)CCc1ccc(O)c(OC)c1. The predicted molar refractivity (Wildman–Crippen MR) is 72.1 cm³/mol. The van der Waals surface area contributed by atoms with Crippen molar-refractivity contribution in [2.24, 2.45) is 0 Å². The number of phenols is 1. The fourth-order valence-electron chi connectivity index (χ4n) is 1.86. The van der Waals surface area contributed by atoms with Crippen molar-refractivity contribution < 1.29 is 14.6 Å². The van der Waals surface area contributed by atoms with Crippen molar-refractivity contribution in [3.63, 3.8) is 0 Å². The second kappa shape index (κ2) is 7.75. The monoisotopic (exact) mass is 250 g/mol. The maximum absolute atomic E-state index is 11.6. The summed E-state index contributed by atoms with van der Waals surface area (Å²) in [6, 6.07) is 5.22. The lowest BCUT2D eigenvalue weighted by Crippen LogP contribution is -2.00. The van der Waals surface area contributed by atoms with Crippen LogP contribution < -0.4 is 4.74 Å². The first kappa shape index (κ1) is 14.6. The van der Waals surface area contributed by atoms with Crippen LogP contribution in [0.4, 0.5) is 0 Å². The third kappa shape index (κ3) is 4.78. The van der Waals surface area contributed by atoms with Crippen LogP contribution in [0.3, 0.4) is 0 Å². The molecule has 18 heavy (non-hydrogen) atoms. The Balaban J connectivity index is 2.41. The minimum atomic E-state index is 0.135. The van der Waals surface area contributed by atoms with Crippen molar-refractivity contribution >= 4 is 5.78 Å². The molecule has 3 heteroatoms. The van der Waals surface area contributed by atoms with Gasteiger partial charge in [-0.2, -0.15) is 0 Å². The summed E-state index contributed by atoms with van der Waals surface area (Å²) in [6.45, 7) is 2.13. The summed E-state index contributed by atoms with van der Waals surface area (Å²) in [4.78, 5) is 11.6. The van der Waals surface area contributed by atoms with Crippen molar-refractivity contribution in [3.05, 3.63) is 23.8 Å². The number of ether oxygens (including phenoxy) is 1. The Bertz CT molecular complexity index is 385. The molecule has 0 amide bonds. The van der Waals surface area contributed by atoms with Gasteiger partial charge in [0.15, 0.2) is 11.5 Å². The quantitative estimate of drug-likeness (QED) is 0.718. The number of benzene rings is 1. The molecule has 0 saturated carbocycles. The summed E-state index contributed by atoms with van der Waals surface area (Å²) >= 11 is 0. The van der Waals surface area contributed by atoms with Crippen molar-refractivity contribution in [2.75, 3.05) is 7.11 Å². The standard InChI is InChI=1S/C15H22O3/c1-3-4-5-6-13(16)9-7-12-8-10-14(17)15(11-12)18-2/h8,10-11,17H,3-7,9H2,1-2H3. The van der Waals surface area contributed by atoms with Gasteiger partial charge in [-0.1, -0.05) is 25.8 Å². The van der Waals surface area contributed by atoms with Gasteiger partial charge < -0.3 is 9.84 Å². The zero-order valence-corrected chi connectivity index (χ0v) is 11.2. The van der Waals surface area contributed by atoms with E-state index in [9.17, 15) is 9.90 Å². The number of Topliss-reactive ketones (excluding diaryl/α,β-unsaturated/α-hetero) is 1. The first-order chi connectivity index (χ1) is 8.67. The van der Waals surface area contributed by atoms with E-state index in [0.29, 0.717) is 30.8 Å². The number of hydrogen-bond acceptors (Lipinski definition) is 3. The third-order valence-corrected chi connectivity index (χ3v) is 3.00. The van der Waals surface area contributed by atoms with Gasteiger partial charge in [0.25, 0.3) is 0 Å². The van der Waals surface area contributed by atoms with Crippen LogP contribution in [0.15, 0.2) is 18.2 Å². The fourth-order valence-corrected chi connectivity index (χ4v) is 1.86. The molecular weight excluding hydrogens is 228 g/mol. The summed E-state index contributed by atoms with van der Waals surface area (Å²) < 4.78 is 5.04. The molecule has 0 saturated heterocycles. The Morgan fingerprint density at radius 3 is 2.72 bits per heavy atom. The molecule has 0 atom stereocenters. The van der Waals surface area contributed by atoms with E-state index in [2.05, 4.69) is 6.92 Å². The Kier molecular flexibility index (Phi) is 6.26. The Hall–Kier alpha value is -1.51. The van der Waals surface area contributed by atoms with Crippen molar-refractivity contribution in [1.29, 1.82) is 0 Å². The van der Waals surface area contributed by atoms with E-state index in [1.807, 2.05) is 6.07 Å². The molecule has 0 unspecified atom stereocenters. The molecule has 1 rings (SSSR count). The molecule has 0 aliphatic rings. The molecule has 0 heterocycles. The number of aromatic hydroxyl groups is 1. The molecule has 0 radical (unpaired) electrons. The molecule has 100 valence electrons. The second-order valence-corrected chi connectivity index (χ2v) is 4.50. The van der Waals surface area contributed by atoms with E-state index >= 15 is 0 Å². The molecule has 1 N–H and O–H groups in total. The highest BCUT2D eigenvalue weighted by Gasteiger charge is 2.05. The number of phenolic OH excluding ortho intramolecular Hbond substituents is 1. The fraction of sp³-hybridized carbons (Fsp3) is 0.533. The minimum Gasteiger partial charge on any atom is -0.504 e. The van der Waals surface area contributed by atoms with Gasteiger partial charge in [-0.3, -0.25) is 4.79 Å². The molecule has 0 spiro atoms. The number of ketones is 1. The number of unbranched alkanes of at least 4 members (excludes halogenated alkanes) is 2. The number of carbonyl (C=O) groups excluding carboxylic acids is 1. The normalized spacial score (nSPS) is 10.3.